The summed E-state index contributed by atoms with van der Waals surface area (Å²) in [7, 11) is 0. The monoisotopic (exact) mass is 212 g/mol. The molecule has 0 spiro atoms. The number of hydrogen-bond acceptors (Lipinski definition) is 3. The van der Waals surface area contributed by atoms with Crippen LogP contribution in [0.2, 0.25) is 0 Å². The van der Waals surface area contributed by atoms with Gasteiger partial charge in [0.25, 0.3) is 0 Å². The van der Waals surface area contributed by atoms with Crippen LogP contribution in [-0.4, -0.2) is 4.98 Å². The predicted octanol–water partition coefficient (Wildman–Crippen LogP) is 3.14. The summed E-state index contributed by atoms with van der Waals surface area (Å²) in [5.41, 5.74) is 7.42. The number of rotatable bonds is 3. The molecule has 0 aliphatic rings. The third-order valence-corrected chi connectivity index (χ3v) is 3.25. The van der Waals surface area contributed by atoms with Crippen LogP contribution in [0.25, 0.3) is 0 Å². The number of thiazole rings is 1. The highest BCUT2D eigenvalue weighted by Gasteiger charge is 2.24. The van der Waals surface area contributed by atoms with Gasteiger partial charge in [0.15, 0.2) is 0 Å². The Hall–Kier alpha value is -0.410. The number of aryl methyl sites for hydroxylation is 1. The van der Waals surface area contributed by atoms with Crippen molar-refractivity contribution < 1.29 is 0 Å². The maximum absolute atomic E-state index is 6.13. The zero-order valence-corrected chi connectivity index (χ0v) is 10.3. The quantitative estimate of drug-likeness (QED) is 0.836. The molecule has 1 atom stereocenters. The molecule has 0 saturated carbocycles. The third kappa shape index (κ3) is 2.79. The molecule has 0 bridgehead atoms. The van der Waals surface area contributed by atoms with Crippen LogP contribution in [0, 0.1) is 5.41 Å². The van der Waals surface area contributed by atoms with Crippen LogP contribution >= 0.6 is 11.3 Å². The second-order valence-electron chi connectivity index (χ2n) is 4.77. The normalized spacial score (nSPS) is 14.4. The van der Waals surface area contributed by atoms with Crippen LogP contribution in [0.5, 0.6) is 0 Å². The molecular formula is C11H20N2S. The molecule has 1 aromatic rings. The molecule has 1 rings (SSSR count). The fourth-order valence-corrected chi connectivity index (χ4v) is 2.30. The first-order valence-corrected chi connectivity index (χ1v) is 6.03. The summed E-state index contributed by atoms with van der Waals surface area (Å²) in [4.78, 5) is 4.56. The molecule has 3 heteroatoms. The highest BCUT2D eigenvalue weighted by molar-refractivity contribution is 7.09. The fraction of sp³-hybridized carbons (Fsp3) is 0.727. The van der Waals surface area contributed by atoms with Crippen molar-refractivity contribution in [3.05, 3.63) is 16.1 Å². The van der Waals surface area contributed by atoms with E-state index in [4.69, 9.17) is 5.73 Å². The summed E-state index contributed by atoms with van der Waals surface area (Å²) >= 11 is 1.69. The van der Waals surface area contributed by atoms with Crippen molar-refractivity contribution in [3.8, 4) is 0 Å². The predicted molar refractivity (Wildman–Crippen MR) is 62.5 cm³/mol. The van der Waals surface area contributed by atoms with Crippen LogP contribution in [-0.2, 0) is 6.42 Å². The van der Waals surface area contributed by atoms with Crippen LogP contribution in [0.4, 0.5) is 0 Å². The molecule has 0 aliphatic carbocycles. The van der Waals surface area contributed by atoms with Gasteiger partial charge in [0, 0.05) is 5.38 Å². The minimum absolute atomic E-state index is 0.0538. The SMILES string of the molecule is CCCc1csc(C(N)C(C)(C)C)n1. The van der Waals surface area contributed by atoms with Gasteiger partial charge in [-0.25, -0.2) is 4.98 Å². The summed E-state index contributed by atoms with van der Waals surface area (Å²) < 4.78 is 0. The van der Waals surface area contributed by atoms with E-state index in [1.54, 1.807) is 11.3 Å². The first-order chi connectivity index (χ1) is 6.45. The van der Waals surface area contributed by atoms with Crippen LogP contribution in [0.3, 0.4) is 0 Å². The lowest BCUT2D eigenvalue weighted by atomic mass is 9.88. The first-order valence-electron chi connectivity index (χ1n) is 5.15. The van der Waals surface area contributed by atoms with Gasteiger partial charge >= 0.3 is 0 Å². The van der Waals surface area contributed by atoms with Crippen molar-refractivity contribution in [3.63, 3.8) is 0 Å². The first kappa shape index (κ1) is 11.7. The average molecular weight is 212 g/mol. The van der Waals surface area contributed by atoms with Gasteiger partial charge in [-0.15, -0.1) is 11.3 Å². The third-order valence-electron chi connectivity index (χ3n) is 2.27. The molecule has 80 valence electrons. The Morgan fingerprint density at radius 1 is 1.50 bits per heavy atom. The Kier molecular flexibility index (Phi) is 3.67. The summed E-state index contributed by atoms with van der Waals surface area (Å²) in [6, 6.07) is 0.0538. The van der Waals surface area contributed by atoms with Gasteiger partial charge in [-0.2, -0.15) is 0 Å². The number of nitrogens with two attached hydrogens (primary N) is 1. The minimum Gasteiger partial charge on any atom is -0.322 e. The Morgan fingerprint density at radius 3 is 2.64 bits per heavy atom. The second kappa shape index (κ2) is 4.41. The minimum atomic E-state index is 0.0538. The Bertz CT molecular complexity index is 286. The molecule has 0 radical (unpaired) electrons. The van der Waals surface area contributed by atoms with Gasteiger partial charge < -0.3 is 5.73 Å². The van der Waals surface area contributed by atoms with Crippen molar-refractivity contribution in [2.75, 3.05) is 0 Å². The number of hydrogen-bond donors (Lipinski definition) is 1. The van der Waals surface area contributed by atoms with Crippen molar-refractivity contribution >= 4 is 11.3 Å². The molecule has 0 aliphatic heterocycles. The zero-order valence-electron chi connectivity index (χ0n) is 9.50. The smallest absolute Gasteiger partial charge is 0.110 e. The molecule has 2 nitrogen and oxygen atoms in total. The summed E-state index contributed by atoms with van der Waals surface area (Å²) in [5, 5.41) is 3.20. The van der Waals surface area contributed by atoms with Gasteiger partial charge in [-0.3, -0.25) is 0 Å². The highest BCUT2D eigenvalue weighted by atomic mass is 32.1. The highest BCUT2D eigenvalue weighted by Crippen LogP contribution is 2.32. The van der Waals surface area contributed by atoms with Gasteiger partial charge in [-0.05, 0) is 11.8 Å². The summed E-state index contributed by atoms with van der Waals surface area (Å²) in [5.74, 6) is 0. The van der Waals surface area contributed by atoms with Crippen molar-refractivity contribution in [2.24, 2.45) is 11.1 Å². The molecule has 0 amide bonds. The van der Waals surface area contributed by atoms with Gasteiger partial charge in [0.1, 0.15) is 5.01 Å². The fourth-order valence-electron chi connectivity index (χ4n) is 1.21. The standard InChI is InChI=1S/C11H20N2S/c1-5-6-8-7-14-10(13-8)9(12)11(2,3)4/h7,9H,5-6,12H2,1-4H3. The van der Waals surface area contributed by atoms with E-state index in [-0.39, 0.29) is 11.5 Å². The summed E-state index contributed by atoms with van der Waals surface area (Å²) in [6.07, 6.45) is 2.21. The van der Waals surface area contributed by atoms with Gasteiger partial charge in [0.2, 0.25) is 0 Å². The number of aromatic nitrogens is 1. The molecule has 0 saturated heterocycles. The van der Waals surface area contributed by atoms with E-state index in [9.17, 15) is 0 Å². The zero-order chi connectivity index (χ0) is 10.8. The molecule has 14 heavy (non-hydrogen) atoms. The molecule has 0 aromatic carbocycles. The topological polar surface area (TPSA) is 38.9 Å². The Balaban J connectivity index is 2.76. The largest absolute Gasteiger partial charge is 0.322 e. The number of nitrogens with zero attached hydrogens (tertiary/aromatic N) is 1. The molecule has 2 N–H and O–H groups in total. The molecule has 1 aromatic heterocycles. The molecular weight excluding hydrogens is 192 g/mol. The van der Waals surface area contributed by atoms with Gasteiger partial charge in [-0.1, -0.05) is 34.1 Å². The van der Waals surface area contributed by atoms with E-state index in [1.807, 2.05) is 0 Å². The van der Waals surface area contributed by atoms with E-state index >= 15 is 0 Å². The van der Waals surface area contributed by atoms with E-state index in [2.05, 4.69) is 38.1 Å². The molecule has 1 unspecified atom stereocenters. The molecule has 0 fully saturated rings. The van der Waals surface area contributed by atoms with E-state index in [1.165, 1.54) is 5.69 Å². The summed E-state index contributed by atoms with van der Waals surface area (Å²) in [6.45, 7) is 8.62. The average Bonchev–Trinajstić information content (AvgIpc) is 2.50. The molecule has 1 heterocycles. The van der Waals surface area contributed by atoms with Crippen LogP contribution in [0.15, 0.2) is 5.38 Å². The Labute approximate surface area is 90.6 Å². The van der Waals surface area contributed by atoms with Crippen LogP contribution in [0.1, 0.15) is 50.9 Å². The maximum atomic E-state index is 6.13. The Morgan fingerprint density at radius 2 is 2.14 bits per heavy atom. The van der Waals surface area contributed by atoms with Crippen molar-refractivity contribution in [2.45, 2.75) is 46.6 Å². The lowest BCUT2D eigenvalue weighted by Gasteiger charge is -2.24. The lowest BCUT2D eigenvalue weighted by Crippen LogP contribution is -2.26. The van der Waals surface area contributed by atoms with Crippen LogP contribution < -0.4 is 5.73 Å². The van der Waals surface area contributed by atoms with E-state index < -0.39 is 0 Å². The maximum Gasteiger partial charge on any atom is 0.110 e. The second-order valence-corrected chi connectivity index (χ2v) is 5.66. The van der Waals surface area contributed by atoms with Gasteiger partial charge in [0.05, 0.1) is 11.7 Å². The van der Waals surface area contributed by atoms with Crippen molar-refractivity contribution in [1.82, 2.24) is 4.98 Å². The van der Waals surface area contributed by atoms with E-state index in [0.717, 1.165) is 17.8 Å². The van der Waals surface area contributed by atoms with Crippen molar-refractivity contribution in [1.29, 1.82) is 0 Å². The van der Waals surface area contributed by atoms with E-state index in [0.29, 0.717) is 0 Å². The lowest BCUT2D eigenvalue weighted by molar-refractivity contribution is 0.326.